The Morgan fingerprint density at radius 3 is 2.28 bits per heavy atom. The fourth-order valence-corrected chi connectivity index (χ4v) is 1.81. The van der Waals surface area contributed by atoms with E-state index in [2.05, 4.69) is 4.98 Å². The van der Waals surface area contributed by atoms with Crippen LogP contribution < -0.4 is 9.47 Å². The van der Waals surface area contributed by atoms with Crippen LogP contribution in [-0.2, 0) is 11.0 Å². The van der Waals surface area contributed by atoms with Gasteiger partial charge in [0.1, 0.15) is 16.5 Å². The number of aromatic nitrogens is 1. The van der Waals surface area contributed by atoms with Crippen LogP contribution >= 0.6 is 24.0 Å². The largest absolute Gasteiger partial charge is 0.479 e. The van der Waals surface area contributed by atoms with E-state index in [1.54, 1.807) is 0 Å². The minimum absolute atomic E-state index is 0. The second kappa shape index (κ2) is 8.26. The molecule has 0 aliphatic carbocycles. The summed E-state index contributed by atoms with van der Waals surface area (Å²) in [7, 11) is 0. The average Bonchev–Trinajstić information content (AvgIpc) is 2.50. The zero-order chi connectivity index (χ0) is 17.9. The summed E-state index contributed by atoms with van der Waals surface area (Å²) in [5, 5.41) is 8.46. The van der Waals surface area contributed by atoms with Crippen LogP contribution in [0, 0.1) is 0 Å². The highest BCUT2D eigenvalue weighted by atomic mass is 35.5. The van der Waals surface area contributed by atoms with E-state index in [-0.39, 0.29) is 29.1 Å². The lowest BCUT2D eigenvalue weighted by molar-refractivity contribution is -0.144. The van der Waals surface area contributed by atoms with Crippen molar-refractivity contribution < 1.29 is 32.5 Å². The molecule has 0 aliphatic rings. The number of rotatable bonds is 5. The van der Waals surface area contributed by atoms with Gasteiger partial charge in [0.05, 0.1) is 5.56 Å². The zero-order valence-corrected chi connectivity index (χ0v) is 14.2. The molecule has 10 heteroatoms. The Bertz CT molecular complexity index is 739. The van der Waals surface area contributed by atoms with Gasteiger partial charge in [0.15, 0.2) is 6.10 Å². The minimum Gasteiger partial charge on any atom is -0.479 e. The number of carboxylic acid groups (broad SMARTS) is 1. The van der Waals surface area contributed by atoms with Gasteiger partial charge < -0.3 is 14.6 Å². The van der Waals surface area contributed by atoms with E-state index in [4.69, 9.17) is 26.2 Å². The molecule has 5 nitrogen and oxygen atoms in total. The molecule has 0 saturated carbocycles. The summed E-state index contributed by atoms with van der Waals surface area (Å²) < 4.78 is 48.0. The number of halogens is 5. The monoisotopic (exact) mass is 397 g/mol. The molecular formula is C15H12Cl2F3NO4. The topological polar surface area (TPSA) is 68.7 Å². The van der Waals surface area contributed by atoms with Gasteiger partial charge in [0.2, 0.25) is 5.88 Å². The molecule has 1 heterocycles. The van der Waals surface area contributed by atoms with Crippen LogP contribution in [0.2, 0.25) is 5.02 Å². The summed E-state index contributed by atoms with van der Waals surface area (Å²) in [6, 6.07) is 6.51. The van der Waals surface area contributed by atoms with Crippen LogP contribution in [0.5, 0.6) is 17.4 Å². The third-order valence-corrected chi connectivity index (χ3v) is 3.10. The van der Waals surface area contributed by atoms with Crippen LogP contribution in [0.3, 0.4) is 0 Å². The van der Waals surface area contributed by atoms with Gasteiger partial charge in [0, 0.05) is 6.20 Å². The molecule has 0 radical (unpaired) electrons. The van der Waals surface area contributed by atoms with Gasteiger partial charge in [-0.25, -0.2) is 9.78 Å². The average molecular weight is 398 g/mol. The molecule has 0 amide bonds. The molecule has 1 atom stereocenters. The zero-order valence-electron chi connectivity index (χ0n) is 12.6. The maximum Gasteiger partial charge on any atom is 0.417 e. The first-order chi connectivity index (χ1) is 11.2. The van der Waals surface area contributed by atoms with Gasteiger partial charge in [-0.05, 0) is 37.3 Å². The Hall–Kier alpha value is -2.19. The molecular weight excluding hydrogens is 386 g/mol. The van der Waals surface area contributed by atoms with E-state index in [9.17, 15) is 18.0 Å². The number of pyridine rings is 1. The molecule has 1 N–H and O–H groups in total. The van der Waals surface area contributed by atoms with Crippen LogP contribution in [-0.4, -0.2) is 22.2 Å². The summed E-state index contributed by atoms with van der Waals surface area (Å²) in [4.78, 5) is 14.2. The smallest absolute Gasteiger partial charge is 0.417 e. The maximum atomic E-state index is 12.5. The molecule has 136 valence electrons. The van der Waals surface area contributed by atoms with Gasteiger partial charge >= 0.3 is 12.1 Å². The predicted molar refractivity (Wildman–Crippen MR) is 85.7 cm³/mol. The first kappa shape index (κ1) is 20.9. The van der Waals surface area contributed by atoms with Crippen LogP contribution in [0.15, 0.2) is 36.5 Å². The fraction of sp³-hybridized carbons (Fsp3) is 0.200. The van der Waals surface area contributed by atoms with Crippen molar-refractivity contribution in [3.05, 3.63) is 47.1 Å². The van der Waals surface area contributed by atoms with Gasteiger partial charge in [-0.1, -0.05) is 11.6 Å². The lowest BCUT2D eigenvalue weighted by atomic mass is 10.3. The quantitative estimate of drug-likeness (QED) is 0.782. The highest BCUT2D eigenvalue weighted by molar-refractivity contribution is 6.31. The number of ether oxygens (including phenoxy) is 2. The number of alkyl halides is 3. The Labute approximate surface area is 151 Å². The summed E-state index contributed by atoms with van der Waals surface area (Å²) in [6.45, 7) is 1.37. The molecule has 0 aliphatic heterocycles. The summed E-state index contributed by atoms with van der Waals surface area (Å²) >= 11 is 5.74. The molecule has 1 unspecified atom stereocenters. The first-order valence-electron chi connectivity index (χ1n) is 6.57. The number of hydrogen-bond donors (Lipinski definition) is 1. The van der Waals surface area contributed by atoms with Crippen molar-refractivity contribution in [2.75, 3.05) is 0 Å². The fourth-order valence-electron chi connectivity index (χ4n) is 1.61. The van der Waals surface area contributed by atoms with Crippen molar-refractivity contribution in [2.24, 2.45) is 0 Å². The first-order valence-corrected chi connectivity index (χ1v) is 6.94. The van der Waals surface area contributed by atoms with E-state index < -0.39 is 23.8 Å². The van der Waals surface area contributed by atoms with Gasteiger partial charge in [-0.2, -0.15) is 13.2 Å². The van der Waals surface area contributed by atoms with Gasteiger partial charge in [0.25, 0.3) is 0 Å². The molecule has 1 aromatic carbocycles. The van der Waals surface area contributed by atoms with E-state index >= 15 is 0 Å². The minimum atomic E-state index is -4.55. The number of hydrogen-bond acceptors (Lipinski definition) is 4. The van der Waals surface area contributed by atoms with Crippen LogP contribution in [0.25, 0.3) is 0 Å². The van der Waals surface area contributed by atoms with Crippen molar-refractivity contribution in [3.8, 4) is 17.4 Å². The molecule has 1 aromatic heterocycles. The third-order valence-electron chi connectivity index (χ3n) is 2.83. The Balaban J connectivity index is 0.00000312. The third kappa shape index (κ3) is 5.68. The summed E-state index contributed by atoms with van der Waals surface area (Å²) in [6.07, 6.45) is -4.95. The van der Waals surface area contributed by atoms with Gasteiger partial charge in [-0.3, -0.25) is 0 Å². The molecule has 0 fully saturated rings. The Kier molecular flexibility index (Phi) is 6.89. The lowest BCUT2D eigenvalue weighted by Gasteiger charge is -2.12. The normalized spacial score (nSPS) is 12.0. The van der Waals surface area contributed by atoms with E-state index in [1.807, 2.05) is 0 Å². The highest BCUT2D eigenvalue weighted by Crippen LogP contribution is 2.34. The number of nitrogens with zero attached hydrogens (tertiary/aromatic N) is 1. The summed E-state index contributed by atoms with van der Waals surface area (Å²) in [5.41, 5.74) is -0.980. The number of aliphatic carboxylic acids is 1. The van der Waals surface area contributed by atoms with Crippen molar-refractivity contribution in [1.29, 1.82) is 0 Å². The SMILES string of the molecule is CC(Oc1ccc(Oc2ncc(C(F)(F)F)cc2Cl)cc1)C(=O)O.Cl. The van der Waals surface area contributed by atoms with Crippen molar-refractivity contribution >= 4 is 30.0 Å². The second-order valence-electron chi connectivity index (χ2n) is 4.68. The standard InChI is InChI=1S/C15H11ClF3NO4.ClH/c1-8(14(21)22)23-10-2-4-11(5-3-10)24-13-12(16)6-9(7-20-13)15(17,18)19;/h2-8H,1H3,(H,21,22);1H. The van der Waals surface area contributed by atoms with Crippen molar-refractivity contribution in [1.82, 2.24) is 4.98 Å². The molecule has 0 spiro atoms. The van der Waals surface area contributed by atoms with E-state index in [1.165, 1.54) is 31.2 Å². The van der Waals surface area contributed by atoms with Crippen LogP contribution in [0.1, 0.15) is 12.5 Å². The Morgan fingerprint density at radius 2 is 1.80 bits per heavy atom. The Morgan fingerprint density at radius 1 is 1.24 bits per heavy atom. The van der Waals surface area contributed by atoms with Crippen molar-refractivity contribution in [3.63, 3.8) is 0 Å². The maximum absolute atomic E-state index is 12.5. The molecule has 25 heavy (non-hydrogen) atoms. The molecule has 2 rings (SSSR count). The van der Waals surface area contributed by atoms with Crippen LogP contribution in [0.4, 0.5) is 13.2 Å². The number of carboxylic acids is 1. The number of benzene rings is 1. The molecule has 0 bridgehead atoms. The summed E-state index contributed by atoms with van der Waals surface area (Å²) in [5.74, 6) is -0.753. The van der Waals surface area contributed by atoms with Crippen molar-refractivity contribution in [2.45, 2.75) is 19.2 Å². The lowest BCUT2D eigenvalue weighted by Crippen LogP contribution is -2.22. The van der Waals surface area contributed by atoms with E-state index in [0.717, 1.165) is 6.07 Å². The van der Waals surface area contributed by atoms with E-state index in [0.29, 0.717) is 11.9 Å². The number of carbonyl (C=O) groups is 1. The second-order valence-corrected chi connectivity index (χ2v) is 5.09. The van der Waals surface area contributed by atoms with Gasteiger partial charge in [-0.15, -0.1) is 12.4 Å². The molecule has 2 aromatic rings. The highest BCUT2D eigenvalue weighted by Gasteiger charge is 2.31. The predicted octanol–water partition coefficient (Wildman–Crippen LogP) is 4.82. The molecule has 0 saturated heterocycles.